The van der Waals surface area contributed by atoms with Gasteiger partial charge in [0.2, 0.25) is 10.0 Å². The molecule has 0 heterocycles. The van der Waals surface area contributed by atoms with Gasteiger partial charge in [-0.15, -0.1) is 0 Å². The minimum Gasteiger partial charge on any atom is -0.395 e. The predicted octanol–water partition coefficient (Wildman–Crippen LogP) is 5.16. The van der Waals surface area contributed by atoms with Crippen LogP contribution in [0.25, 0.3) is 0 Å². The Kier molecular flexibility index (Phi) is 17.2. The van der Waals surface area contributed by atoms with Crippen molar-refractivity contribution >= 4 is 10.0 Å². The summed E-state index contributed by atoms with van der Waals surface area (Å²) in [6, 6.07) is -0.315. The summed E-state index contributed by atoms with van der Waals surface area (Å²) in [6.45, 7) is 4.30. The largest absolute Gasteiger partial charge is 0.395 e. The van der Waals surface area contributed by atoms with Crippen LogP contribution in [0.1, 0.15) is 110 Å². The predicted molar refractivity (Wildman–Crippen MR) is 108 cm³/mol. The molecule has 0 bridgehead atoms. The summed E-state index contributed by atoms with van der Waals surface area (Å²) >= 11 is 0. The van der Waals surface area contributed by atoms with Crippen molar-refractivity contribution in [2.75, 3.05) is 12.4 Å². The monoisotopic (exact) mass is 377 g/mol. The summed E-state index contributed by atoms with van der Waals surface area (Å²) in [6.07, 6.45) is 17.0. The minimum atomic E-state index is -3.26. The van der Waals surface area contributed by atoms with Gasteiger partial charge in [-0.25, -0.2) is 13.1 Å². The van der Waals surface area contributed by atoms with Crippen LogP contribution in [-0.2, 0) is 10.0 Å². The van der Waals surface area contributed by atoms with Crippen LogP contribution in [0.5, 0.6) is 0 Å². The number of hydrogen-bond donors (Lipinski definition) is 2. The maximum Gasteiger partial charge on any atom is 0.211 e. The fourth-order valence-corrected chi connectivity index (χ4v) is 4.50. The van der Waals surface area contributed by atoms with Crippen LogP contribution in [0.2, 0.25) is 0 Å². The quantitative estimate of drug-likeness (QED) is 0.306. The molecule has 0 aromatic heterocycles. The van der Waals surface area contributed by atoms with E-state index in [1.807, 2.05) is 0 Å². The van der Waals surface area contributed by atoms with Crippen molar-refractivity contribution in [2.45, 2.75) is 116 Å². The summed E-state index contributed by atoms with van der Waals surface area (Å²) in [5.74, 6) is 0.189. The molecule has 0 aromatic rings. The van der Waals surface area contributed by atoms with Crippen molar-refractivity contribution in [2.24, 2.45) is 0 Å². The van der Waals surface area contributed by atoms with Gasteiger partial charge in [0.15, 0.2) is 0 Å². The van der Waals surface area contributed by atoms with Gasteiger partial charge in [0.25, 0.3) is 0 Å². The number of sulfonamides is 1. The topological polar surface area (TPSA) is 66.4 Å². The lowest BCUT2D eigenvalue weighted by atomic mass is 10.1. The lowest BCUT2D eigenvalue weighted by molar-refractivity contribution is 0.247. The molecule has 1 unspecified atom stereocenters. The molecule has 0 aliphatic heterocycles. The molecule has 0 radical (unpaired) electrons. The van der Waals surface area contributed by atoms with Crippen LogP contribution in [0, 0.1) is 0 Å². The van der Waals surface area contributed by atoms with Crippen LogP contribution in [0.3, 0.4) is 0 Å². The van der Waals surface area contributed by atoms with E-state index in [4.69, 9.17) is 0 Å². The van der Waals surface area contributed by atoms with Gasteiger partial charge in [0, 0.05) is 6.04 Å². The average Bonchev–Trinajstić information content (AvgIpc) is 2.59. The minimum absolute atomic E-state index is 0.106. The number of aliphatic hydroxyl groups is 1. The van der Waals surface area contributed by atoms with Gasteiger partial charge in [-0.3, -0.25) is 0 Å². The highest BCUT2D eigenvalue weighted by atomic mass is 32.2. The molecule has 2 N–H and O–H groups in total. The number of rotatable bonds is 19. The molecule has 5 heteroatoms. The third-order valence-electron chi connectivity index (χ3n) is 4.74. The molecule has 4 nitrogen and oxygen atoms in total. The van der Waals surface area contributed by atoms with Gasteiger partial charge < -0.3 is 5.11 Å². The molecule has 0 aliphatic carbocycles. The molecule has 0 aromatic carbocycles. The highest BCUT2D eigenvalue weighted by Gasteiger charge is 2.16. The molecule has 152 valence electrons. The molecule has 0 aliphatic rings. The van der Waals surface area contributed by atoms with Crippen LogP contribution < -0.4 is 4.72 Å². The first-order chi connectivity index (χ1) is 12.1. The van der Waals surface area contributed by atoms with E-state index >= 15 is 0 Å². The van der Waals surface area contributed by atoms with E-state index in [0.29, 0.717) is 0 Å². The van der Waals surface area contributed by atoms with E-state index in [0.717, 1.165) is 38.5 Å². The summed E-state index contributed by atoms with van der Waals surface area (Å²) in [7, 11) is -3.26. The molecule has 0 amide bonds. The van der Waals surface area contributed by atoms with Gasteiger partial charge in [-0.2, -0.15) is 0 Å². The number of hydrogen-bond acceptors (Lipinski definition) is 3. The molecular formula is C20H43NO3S. The zero-order valence-corrected chi connectivity index (χ0v) is 17.6. The lowest BCUT2D eigenvalue weighted by Gasteiger charge is -2.16. The first-order valence-corrected chi connectivity index (χ1v) is 12.3. The van der Waals surface area contributed by atoms with Crippen LogP contribution in [0.15, 0.2) is 0 Å². The lowest BCUT2D eigenvalue weighted by Crippen LogP contribution is -2.38. The van der Waals surface area contributed by atoms with Crippen molar-refractivity contribution in [3.8, 4) is 0 Å². The molecule has 1 atom stereocenters. The van der Waals surface area contributed by atoms with E-state index in [1.165, 1.54) is 57.8 Å². The summed E-state index contributed by atoms with van der Waals surface area (Å²) in [5, 5.41) is 9.42. The maximum atomic E-state index is 12.1. The Hall–Kier alpha value is -0.130. The van der Waals surface area contributed by atoms with Crippen LogP contribution in [-0.4, -0.2) is 31.9 Å². The fraction of sp³-hybridized carbons (Fsp3) is 1.00. The second-order valence-corrected chi connectivity index (χ2v) is 9.22. The average molecular weight is 378 g/mol. The smallest absolute Gasteiger partial charge is 0.211 e. The molecular weight excluding hydrogens is 334 g/mol. The standard InChI is InChI=1S/C20H43NO3S/c1-3-5-7-9-11-12-14-16-18-25(23,24)21-20(19-22)17-15-13-10-8-6-4-2/h20-22H,3-19H2,1-2H3. The first-order valence-electron chi connectivity index (χ1n) is 10.7. The summed E-state index contributed by atoms with van der Waals surface area (Å²) < 4.78 is 26.9. The Bertz CT molecular complexity index is 371. The molecule has 0 saturated heterocycles. The van der Waals surface area contributed by atoms with E-state index in [9.17, 15) is 13.5 Å². The Morgan fingerprint density at radius 1 is 0.720 bits per heavy atom. The van der Waals surface area contributed by atoms with Gasteiger partial charge in [0.1, 0.15) is 0 Å². The van der Waals surface area contributed by atoms with Gasteiger partial charge in [-0.1, -0.05) is 97.3 Å². The number of nitrogens with one attached hydrogen (secondary N) is 1. The van der Waals surface area contributed by atoms with Crippen molar-refractivity contribution < 1.29 is 13.5 Å². The molecule has 0 saturated carbocycles. The van der Waals surface area contributed by atoms with Gasteiger partial charge in [-0.05, 0) is 12.8 Å². The van der Waals surface area contributed by atoms with Crippen molar-refractivity contribution in [1.82, 2.24) is 4.72 Å². The fourth-order valence-electron chi connectivity index (χ4n) is 3.10. The highest BCUT2D eigenvalue weighted by molar-refractivity contribution is 7.89. The van der Waals surface area contributed by atoms with Crippen molar-refractivity contribution in [3.05, 3.63) is 0 Å². The van der Waals surface area contributed by atoms with E-state index in [1.54, 1.807) is 0 Å². The summed E-state index contributed by atoms with van der Waals surface area (Å²) in [5.41, 5.74) is 0. The Labute approximate surface area is 157 Å². The number of aliphatic hydroxyl groups excluding tert-OH is 1. The Morgan fingerprint density at radius 2 is 1.16 bits per heavy atom. The van der Waals surface area contributed by atoms with Crippen molar-refractivity contribution in [3.63, 3.8) is 0 Å². The van der Waals surface area contributed by atoms with Gasteiger partial charge >= 0.3 is 0 Å². The zero-order chi connectivity index (χ0) is 18.8. The molecule has 0 rings (SSSR count). The highest BCUT2D eigenvalue weighted by Crippen LogP contribution is 2.11. The van der Waals surface area contributed by atoms with Crippen molar-refractivity contribution in [1.29, 1.82) is 0 Å². The Balaban J connectivity index is 3.75. The second kappa shape index (κ2) is 17.3. The normalized spacial score (nSPS) is 13.2. The third kappa shape index (κ3) is 17.1. The molecule has 0 spiro atoms. The zero-order valence-electron chi connectivity index (χ0n) is 16.8. The Morgan fingerprint density at radius 3 is 1.64 bits per heavy atom. The van der Waals surface area contributed by atoms with E-state index in [-0.39, 0.29) is 18.4 Å². The van der Waals surface area contributed by atoms with Gasteiger partial charge in [0.05, 0.1) is 12.4 Å². The number of unbranched alkanes of at least 4 members (excludes halogenated alkanes) is 12. The molecule has 25 heavy (non-hydrogen) atoms. The summed E-state index contributed by atoms with van der Waals surface area (Å²) in [4.78, 5) is 0. The second-order valence-electron chi connectivity index (χ2n) is 7.35. The third-order valence-corrected chi connectivity index (χ3v) is 6.26. The van der Waals surface area contributed by atoms with E-state index in [2.05, 4.69) is 18.6 Å². The maximum absolute atomic E-state index is 12.1. The van der Waals surface area contributed by atoms with E-state index < -0.39 is 10.0 Å². The SMILES string of the molecule is CCCCCCCCCCS(=O)(=O)NC(CO)CCCCCCCC. The van der Waals surface area contributed by atoms with Crippen LogP contribution in [0.4, 0.5) is 0 Å². The first kappa shape index (κ1) is 24.9. The molecule has 0 fully saturated rings. The van der Waals surface area contributed by atoms with Crippen LogP contribution >= 0.6 is 0 Å².